The highest BCUT2D eigenvalue weighted by molar-refractivity contribution is 9.10. The van der Waals surface area contributed by atoms with E-state index in [0.29, 0.717) is 5.41 Å². The Morgan fingerprint density at radius 1 is 1.31 bits per heavy atom. The third kappa shape index (κ3) is 1.90. The van der Waals surface area contributed by atoms with Crippen LogP contribution in [0.15, 0.2) is 28.7 Å². The molecule has 1 aliphatic rings. The first-order valence-electron chi connectivity index (χ1n) is 4.24. The summed E-state index contributed by atoms with van der Waals surface area (Å²) < 4.78 is 1.20. The molecule has 0 aliphatic heterocycles. The van der Waals surface area contributed by atoms with Crippen molar-refractivity contribution >= 4 is 28.3 Å². The van der Waals surface area contributed by atoms with E-state index in [-0.39, 0.29) is 12.4 Å². The van der Waals surface area contributed by atoms with E-state index in [2.05, 4.69) is 34.1 Å². The quantitative estimate of drug-likeness (QED) is 0.871. The Labute approximate surface area is 93.2 Å². The second-order valence-corrected chi connectivity index (χ2v) is 4.32. The van der Waals surface area contributed by atoms with Gasteiger partial charge in [0.15, 0.2) is 0 Å². The number of nitrogens with two attached hydrogens (primary N) is 1. The van der Waals surface area contributed by atoms with Crippen molar-refractivity contribution in [3.05, 3.63) is 34.3 Å². The lowest BCUT2D eigenvalue weighted by atomic mass is 9.96. The van der Waals surface area contributed by atoms with Crippen molar-refractivity contribution in [1.29, 1.82) is 0 Å². The molecule has 0 heterocycles. The zero-order valence-electron chi connectivity index (χ0n) is 7.29. The van der Waals surface area contributed by atoms with Crippen LogP contribution in [0.4, 0.5) is 0 Å². The van der Waals surface area contributed by atoms with E-state index in [1.807, 2.05) is 6.07 Å². The highest BCUT2D eigenvalue weighted by Crippen LogP contribution is 2.49. The average molecular weight is 263 g/mol. The average Bonchev–Trinajstić information content (AvgIpc) is 2.86. The largest absolute Gasteiger partial charge is 0.330 e. The molecular weight excluding hydrogens is 249 g/mol. The molecule has 72 valence electrons. The lowest BCUT2D eigenvalue weighted by molar-refractivity contribution is 0.701. The number of rotatable bonds is 2. The van der Waals surface area contributed by atoms with Crippen LogP contribution in [-0.2, 0) is 5.41 Å². The Hall–Kier alpha value is -0.0500. The van der Waals surface area contributed by atoms with Gasteiger partial charge in [0.2, 0.25) is 0 Å². The lowest BCUT2D eigenvalue weighted by Crippen LogP contribution is -2.19. The van der Waals surface area contributed by atoms with Crippen LogP contribution in [0.3, 0.4) is 0 Å². The van der Waals surface area contributed by atoms with Gasteiger partial charge in [-0.2, -0.15) is 0 Å². The molecule has 0 radical (unpaired) electrons. The van der Waals surface area contributed by atoms with Crippen LogP contribution in [0.25, 0.3) is 0 Å². The van der Waals surface area contributed by atoms with Crippen molar-refractivity contribution in [2.75, 3.05) is 6.54 Å². The summed E-state index contributed by atoms with van der Waals surface area (Å²) in [6.45, 7) is 0.773. The maximum Gasteiger partial charge on any atom is 0.0213 e. The van der Waals surface area contributed by atoms with Gasteiger partial charge in [-0.3, -0.25) is 0 Å². The summed E-state index contributed by atoms with van der Waals surface area (Å²) in [6.07, 6.45) is 2.48. The van der Waals surface area contributed by atoms with E-state index in [1.165, 1.54) is 22.9 Å². The SMILES string of the molecule is Cl.NCC1(c2ccccc2Br)CC1. The first-order valence-corrected chi connectivity index (χ1v) is 5.03. The molecule has 0 atom stereocenters. The summed E-state index contributed by atoms with van der Waals surface area (Å²) in [5.74, 6) is 0. The van der Waals surface area contributed by atoms with Crippen LogP contribution in [0, 0.1) is 0 Å². The van der Waals surface area contributed by atoms with Crippen LogP contribution in [-0.4, -0.2) is 6.54 Å². The first kappa shape index (κ1) is 11.0. The summed E-state index contributed by atoms with van der Waals surface area (Å²) in [5, 5.41) is 0. The smallest absolute Gasteiger partial charge is 0.0213 e. The molecule has 2 rings (SSSR count). The summed E-state index contributed by atoms with van der Waals surface area (Å²) in [6, 6.07) is 8.38. The van der Waals surface area contributed by atoms with Crippen molar-refractivity contribution in [2.24, 2.45) is 5.73 Å². The lowest BCUT2D eigenvalue weighted by Gasteiger charge is -2.14. The fourth-order valence-corrected chi connectivity index (χ4v) is 2.33. The van der Waals surface area contributed by atoms with Crippen LogP contribution in [0.1, 0.15) is 18.4 Å². The van der Waals surface area contributed by atoms with Crippen LogP contribution >= 0.6 is 28.3 Å². The van der Waals surface area contributed by atoms with Crippen molar-refractivity contribution in [2.45, 2.75) is 18.3 Å². The van der Waals surface area contributed by atoms with Gasteiger partial charge in [-0.1, -0.05) is 34.1 Å². The molecule has 1 aromatic rings. The molecule has 3 heteroatoms. The zero-order chi connectivity index (χ0) is 8.60. The molecule has 2 N–H and O–H groups in total. The Bertz CT molecular complexity index is 297. The molecule has 0 saturated heterocycles. The third-order valence-electron chi connectivity index (χ3n) is 2.69. The Morgan fingerprint density at radius 3 is 2.38 bits per heavy atom. The highest BCUT2D eigenvalue weighted by Gasteiger charge is 2.43. The molecule has 0 bridgehead atoms. The van der Waals surface area contributed by atoms with Crippen molar-refractivity contribution in [3.63, 3.8) is 0 Å². The van der Waals surface area contributed by atoms with E-state index in [0.717, 1.165) is 6.54 Å². The first-order chi connectivity index (χ1) is 5.78. The standard InChI is InChI=1S/C10H12BrN.ClH/c11-9-4-2-1-3-8(9)10(7-12)5-6-10;/h1-4H,5-7,12H2;1H. The minimum Gasteiger partial charge on any atom is -0.330 e. The summed E-state index contributed by atoms with van der Waals surface area (Å²) in [7, 11) is 0. The molecular formula is C10H13BrClN. The maximum absolute atomic E-state index is 5.75. The second-order valence-electron chi connectivity index (χ2n) is 3.46. The van der Waals surface area contributed by atoms with Crippen molar-refractivity contribution in [3.8, 4) is 0 Å². The van der Waals surface area contributed by atoms with Gasteiger partial charge in [0.1, 0.15) is 0 Å². The molecule has 1 fully saturated rings. The van der Waals surface area contributed by atoms with E-state index < -0.39 is 0 Å². The van der Waals surface area contributed by atoms with E-state index in [1.54, 1.807) is 0 Å². The molecule has 0 unspecified atom stereocenters. The van der Waals surface area contributed by atoms with Gasteiger partial charge in [-0.25, -0.2) is 0 Å². The third-order valence-corrected chi connectivity index (χ3v) is 3.38. The van der Waals surface area contributed by atoms with Gasteiger partial charge in [0, 0.05) is 16.4 Å². The molecule has 13 heavy (non-hydrogen) atoms. The number of hydrogen-bond donors (Lipinski definition) is 1. The van der Waals surface area contributed by atoms with Gasteiger partial charge in [-0.05, 0) is 24.5 Å². The fourth-order valence-electron chi connectivity index (χ4n) is 1.63. The Morgan fingerprint density at radius 2 is 1.92 bits per heavy atom. The van der Waals surface area contributed by atoms with Crippen molar-refractivity contribution in [1.82, 2.24) is 0 Å². The predicted molar refractivity (Wildman–Crippen MR) is 61.4 cm³/mol. The minimum absolute atomic E-state index is 0. The molecule has 1 saturated carbocycles. The predicted octanol–water partition coefficient (Wildman–Crippen LogP) is 2.86. The van der Waals surface area contributed by atoms with Crippen molar-refractivity contribution < 1.29 is 0 Å². The number of hydrogen-bond acceptors (Lipinski definition) is 1. The van der Waals surface area contributed by atoms with Gasteiger partial charge >= 0.3 is 0 Å². The van der Waals surface area contributed by atoms with Gasteiger partial charge in [0.25, 0.3) is 0 Å². The second kappa shape index (κ2) is 3.99. The van der Waals surface area contributed by atoms with Gasteiger partial charge < -0.3 is 5.73 Å². The highest BCUT2D eigenvalue weighted by atomic mass is 79.9. The van der Waals surface area contributed by atoms with Crippen LogP contribution in [0.5, 0.6) is 0 Å². The minimum atomic E-state index is 0. The topological polar surface area (TPSA) is 26.0 Å². The number of halogens is 2. The summed E-state index contributed by atoms with van der Waals surface area (Å²) >= 11 is 3.56. The molecule has 1 aliphatic carbocycles. The number of benzene rings is 1. The summed E-state index contributed by atoms with van der Waals surface area (Å²) in [5.41, 5.74) is 7.44. The molecule has 0 amide bonds. The normalized spacial score (nSPS) is 17.7. The summed E-state index contributed by atoms with van der Waals surface area (Å²) in [4.78, 5) is 0. The van der Waals surface area contributed by atoms with Crippen LogP contribution in [0.2, 0.25) is 0 Å². The fraction of sp³-hybridized carbons (Fsp3) is 0.400. The van der Waals surface area contributed by atoms with Gasteiger partial charge in [-0.15, -0.1) is 12.4 Å². The Kier molecular flexibility index (Phi) is 3.38. The van der Waals surface area contributed by atoms with Gasteiger partial charge in [0.05, 0.1) is 0 Å². The Balaban J connectivity index is 0.000000845. The van der Waals surface area contributed by atoms with E-state index >= 15 is 0 Å². The molecule has 0 aromatic heterocycles. The zero-order valence-corrected chi connectivity index (χ0v) is 9.70. The maximum atomic E-state index is 5.75. The van der Waals surface area contributed by atoms with E-state index in [4.69, 9.17) is 5.73 Å². The molecule has 1 nitrogen and oxygen atoms in total. The monoisotopic (exact) mass is 261 g/mol. The van der Waals surface area contributed by atoms with E-state index in [9.17, 15) is 0 Å². The molecule has 0 spiro atoms. The molecule has 1 aromatic carbocycles. The van der Waals surface area contributed by atoms with Crippen LogP contribution < -0.4 is 5.73 Å².